The van der Waals surface area contributed by atoms with Gasteiger partial charge in [-0.2, -0.15) is 0 Å². The van der Waals surface area contributed by atoms with E-state index in [0.29, 0.717) is 12.6 Å². The van der Waals surface area contributed by atoms with Crippen molar-refractivity contribution in [2.75, 3.05) is 32.8 Å². The topological polar surface area (TPSA) is 57.7 Å². The first-order valence-corrected chi connectivity index (χ1v) is 10.1. The Bertz CT molecular complexity index is 792. The number of benzene rings is 1. The molecule has 4 rings (SSSR count). The Morgan fingerprint density at radius 1 is 1.21 bits per heavy atom. The van der Waals surface area contributed by atoms with Crippen LogP contribution in [0.4, 0.5) is 4.79 Å². The van der Waals surface area contributed by atoms with E-state index >= 15 is 0 Å². The largest absolute Gasteiger partial charge is 0.379 e. The van der Waals surface area contributed by atoms with Crippen LogP contribution in [-0.4, -0.2) is 65.7 Å². The minimum Gasteiger partial charge on any atom is -0.379 e. The van der Waals surface area contributed by atoms with Gasteiger partial charge in [0.15, 0.2) is 0 Å². The van der Waals surface area contributed by atoms with Gasteiger partial charge >= 0.3 is 6.03 Å². The molecule has 0 bridgehead atoms. The Hall–Kier alpha value is -2.44. The number of rotatable bonds is 4. The van der Waals surface area contributed by atoms with E-state index < -0.39 is 0 Å². The second-order valence-electron chi connectivity index (χ2n) is 7.64. The van der Waals surface area contributed by atoms with E-state index in [-0.39, 0.29) is 12.1 Å². The van der Waals surface area contributed by atoms with Crippen molar-refractivity contribution in [2.45, 2.75) is 32.0 Å². The third kappa shape index (κ3) is 4.34. The number of nitrogens with zero attached hydrogens (tertiary/aromatic N) is 3. The zero-order chi connectivity index (χ0) is 19.3. The van der Waals surface area contributed by atoms with Gasteiger partial charge in [0.2, 0.25) is 0 Å². The van der Waals surface area contributed by atoms with Crippen LogP contribution in [0.2, 0.25) is 0 Å². The Morgan fingerprint density at radius 3 is 2.82 bits per heavy atom. The second-order valence-corrected chi connectivity index (χ2v) is 7.64. The molecule has 2 aliphatic rings. The number of nitrogens with one attached hydrogen (secondary N) is 1. The third-order valence-corrected chi connectivity index (χ3v) is 5.74. The third-order valence-electron chi connectivity index (χ3n) is 5.74. The van der Waals surface area contributed by atoms with E-state index in [1.165, 1.54) is 0 Å². The highest BCUT2D eigenvalue weighted by Gasteiger charge is 2.35. The molecule has 1 aromatic heterocycles. The summed E-state index contributed by atoms with van der Waals surface area (Å²) < 4.78 is 5.45. The molecular weight excluding hydrogens is 352 g/mol. The second kappa shape index (κ2) is 8.71. The monoisotopic (exact) mass is 380 g/mol. The van der Waals surface area contributed by atoms with Crippen molar-refractivity contribution in [1.82, 2.24) is 20.1 Å². The average molecular weight is 380 g/mol. The molecule has 2 saturated heterocycles. The van der Waals surface area contributed by atoms with Crippen molar-refractivity contribution in [3.8, 4) is 11.1 Å². The fraction of sp³-hybridized carbons (Fsp3) is 0.455. The van der Waals surface area contributed by atoms with Gasteiger partial charge in [0, 0.05) is 50.7 Å². The van der Waals surface area contributed by atoms with Crippen LogP contribution in [0.3, 0.4) is 0 Å². The van der Waals surface area contributed by atoms with Crippen LogP contribution < -0.4 is 5.32 Å². The minimum atomic E-state index is 0.0232. The van der Waals surface area contributed by atoms with E-state index in [9.17, 15) is 4.79 Å². The summed E-state index contributed by atoms with van der Waals surface area (Å²) in [5.74, 6) is 0. The van der Waals surface area contributed by atoms with Crippen LogP contribution in [0.1, 0.15) is 18.9 Å². The van der Waals surface area contributed by atoms with Gasteiger partial charge in [-0.1, -0.05) is 24.3 Å². The molecule has 0 aliphatic carbocycles. The van der Waals surface area contributed by atoms with Gasteiger partial charge in [0.05, 0.1) is 13.2 Å². The van der Waals surface area contributed by atoms with Crippen LogP contribution in [-0.2, 0) is 11.3 Å². The highest BCUT2D eigenvalue weighted by atomic mass is 16.5. The molecule has 2 amide bonds. The van der Waals surface area contributed by atoms with E-state index in [1.54, 1.807) is 6.20 Å². The normalized spacial score (nSPS) is 23.0. The van der Waals surface area contributed by atoms with Crippen LogP contribution in [0, 0.1) is 0 Å². The van der Waals surface area contributed by atoms with E-state index in [1.807, 2.05) is 35.4 Å². The van der Waals surface area contributed by atoms with E-state index in [4.69, 9.17) is 4.74 Å². The maximum atomic E-state index is 12.8. The zero-order valence-electron chi connectivity index (χ0n) is 16.4. The molecule has 0 saturated carbocycles. The number of hydrogen-bond donors (Lipinski definition) is 1. The lowest BCUT2D eigenvalue weighted by Gasteiger charge is -2.32. The lowest BCUT2D eigenvalue weighted by molar-refractivity contribution is 0.0190. The average Bonchev–Trinajstić information content (AvgIpc) is 3.15. The lowest BCUT2D eigenvalue weighted by Crippen LogP contribution is -2.46. The summed E-state index contributed by atoms with van der Waals surface area (Å²) in [7, 11) is 0. The van der Waals surface area contributed by atoms with Crippen LogP contribution in [0.5, 0.6) is 0 Å². The predicted molar refractivity (Wildman–Crippen MR) is 109 cm³/mol. The Morgan fingerprint density at radius 2 is 2.04 bits per heavy atom. The molecule has 0 spiro atoms. The van der Waals surface area contributed by atoms with Crippen molar-refractivity contribution >= 4 is 6.03 Å². The summed E-state index contributed by atoms with van der Waals surface area (Å²) in [6.07, 6.45) is 4.66. The van der Waals surface area contributed by atoms with Crippen molar-refractivity contribution in [3.05, 3.63) is 54.4 Å². The van der Waals surface area contributed by atoms with Crippen LogP contribution in [0.15, 0.2) is 48.8 Å². The van der Waals surface area contributed by atoms with Gasteiger partial charge in [0.25, 0.3) is 0 Å². The van der Waals surface area contributed by atoms with Gasteiger partial charge < -0.3 is 15.0 Å². The van der Waals surface area contributed by atoms with Gasteiger partial charge in [-0.25, -0.2) is 4.79 Å². The molecule has 0 radical (unpaired) electrons. The standard InChI is InChI=1S/C22H28N4O2/c1-17-12-21(25-8-10-28-11-9-25)16-26(17)22(27)24-14-18-4-2-5-19(13-18)20-6-3-7-23-15-20/h2-7,13,15,17,21H,8-12,14,16H2,1H3,(H,24,27). The molecule has 2 unspecified atom stereocenters. The Labute approximate surface area is 166 Å². The highest BCUT2D eigenvalue weighted by molar-refractivity contribution is 5.75. The van der Waals surface area contributed by atoms with Gasteiger partial charge in [-0.3, -0.25) is 9.88 Å². The smallest absolute Gasteiger partial charge is 0.317 e. The number of aromatic nitrogens is 1. The predicted octanol–water partition coefficient (Wildman–Crippen LogP) is 2.75. The first kappa shape index (κ1) is 18.9. The number of likely N-dealkylation sites (tertiary alicyclic amines) is 1. The fourth-order valence-electron chi connectivity index (χ4n) is 4.17. The molecule has 2 aliphatic heterocycles. The van der Waals surface area contributed by atoms with Crippen LogP contribution >= 0.6 is 0 Å². The molecule has 6 heteroatoms. The number of carbonyl (C=O) groups is 1. The number of hydrogen-bond acceptors (Lipinski definition) is 4. The van der Waals surface area contributed by atoms with Crippen molar-refractivity contribution < 1.29 is 9.53 Å². The number of ether oxygens (including phenoxy) is 1. The minimum absolute atomic E-state index is 0.0232. The molecule has 2 fully saturated rings. The molecular formula is C22H28N4O2. The Balaban J connectivity index is 1.34. The van der Waals surface area contributed by atoms with Crippen LogP contribution in [0.25, 0.3) is 11.1 Å². The van der Waals surface area contributed by atoms with Crippen molar-refractivity contribution in [3.63, 3.8) is 0 Å². The fourth-order valence-corrected chi connectivity index (χ4v) is 4.17. The SMILES string of the molecule is CC1CC(N2CCOCC2)CN1C(=O)NCc1cccc(-c2cccnc2)c1. The number of amides is 2. The lowest BCUT2D eigenvalue weighted by atomic mass is 10.0. The van der Waals surface area contributed by atoms with Crippen molar-refractivity contribution in [1.29, 1.82) is 0 Å². The first-order valence-electron chi connectivity index (χ1n) is 10.1. The van der Waals surface area contributed by atoms with Gasteiger partial charge in [0.1, 0.15) is 0 Å². The molecule has 1 aromatic carbocycles. The summed E-state index contributed by atoms with van der Waals surface area (Å²) in [6, 6.07) is 13.0. The number of pyridine rings is 1. The van der Waals surface area contributed by atoms with Crippen molar-refractivity contribution in [2.24, 2.45) is 0 Å². The zero-order valence-corrected chi connectivity index (χ0v) is 16.4. The quantitative estimate of drug-likeness (QED) is 0.886. The number of carbonyl (C=O) groups excluding carboxylic acids is 1. The Kier molecular flexibility index (Phi) is 5.88. The molecule has 6 nitrogen and oxygen atoms in total. The molecule has 148 valence electrons. The number of morpholine rings is 1. The highest BCUT2D eigenvalue weighted by Crippen LogP contribution is 2.23. The summed E-state index contributed by atoms with van der Waals surface area (Å²) in [5.41, 5.74) is 3.28. The van der Waals surface area contributed by atoms with E-state index in [2.05, 4.69) is 34.3 Å². The maximum Gasteiger partial charge on any atom is 0.317 e. The molecule has 2 aromatic rings. The molecule has 28 heavy (non-hydrogen) atoms. The summed E-state index contributed by atoms with van der Waals surface area (Å²) in [4.78, 5) is 21.4. The van der Waals surface area contributed by atoms with Gasteiger partial charge in [-0.05, 0) is 42.2 Å². The summed E-state index contributed by atoms with van der Waals surface area (Å²) in [6.45, 7) is 6.99. The van der Waals surface area contributed by atoms with Gasteiger partial charge in [-0.15, -0.1) is 0 Å². The summed E-state index contributed by atoms with van der Waals surface area (Å²) >= 11 is 0. The molecule has 1 N–H and O–H groups in total. The maximum absolute atomic E-state index is 12.8. The van der Waals surface area contributed by atoms with E-state index in [0.717, 1.165) is 56.0 Å². The number of urea groups is 1. The summed E-state index contributed by atoms with van der Waals surface area (Å²) in [5, 5.41) is 3.10. The molecule has 3 heterocycles. The first-order chi connectivity index (χ1) is 13.7. The molecule has 2 atom stereocenters.